The highest BCUT2D eigenvalue weighted by atomic mass is 35.5. The smallest absolute Gasteiger partial charge is 0.129 e. The van der Waals surface area contributed by atoms with E-state index >= 15 is 0 Å². The third kappa shape index (κ3) is 3.58. The third-order valence-electron chi connectivity index (χ3n) is 3.30. The molecule has 6 heteroatoms. The molecule has 1 fully saturated rings. The van der Waals surface area contributed by atoms with Crippen molar-refractivity contribution in [3.63, 3.8) is 0 Å². The molecule has 0 amide bonds. The molecule has 0 aromatic heterocycles. The van der Waals surface area contributed by atoms with Crippen molar-refractivity contribution in [3.8, 4) is 0 Å². The van der Waals surface area contributed by atoms with Gasteiger partial charge in [0.1, 0.15) is 5.82 Å². The van der Waals surface area contributed by atoms with E-state index in [4.69, 9.17) is 17.4 Å². The molecular formula is C13H18ClFN2S2. The predicted molar refractivity (Wildman–Crippen MR) is 84.3 cm³/mol. The first kappa shape index (κ1) is 15.4. The second kappa shape index (κ2) is 7.18. The van der Waals surface area contributed by atoms with E-state index in [2.05, 4.69) is 12.3 Å². The van der Waals surface area contributed by atoms with Crippen LogP contribution in [0.5, 0.6) is 0 Å². The van der Waals surface area contributed by atoms with Crippen LogP contribution in [0.4, 0.5) is 4.39 Å². The normalized spacial score (nSPS) is 25.3. The predicted octanol–water partition coefficient (Wildman–Crippen LogP) is 3.61. The Labute approximate surface area is 127 Å². The summed E-state index contributed by atoms with van der Waals surface area (Å²) < 4.78 is 14.1. The van der Waals surface area contributed by atoms with E-state index in [-0.39, 0.29) is 17.1 Å². The summed E-state index contributed by atoms with van der Waals surface area (Å²) in [5.74, 6) is 7.63. The molecule has 106 valence electrons. The summed E-state index contributed by atoms with van der Waals surface area (Å²) in [5, 5.41) is 1.19. The van der Waals surface area contributed by atoms with Crippen molar-refractivity contribution in [2.24, 2.45) is 5.84 Å². The summed E-state index contributed by atoms with van der Waals surface area (Å²) in [4.78, 5) is 0. The number of benzene rings is 1. The van der Waals surface area contributed by atoms with Gasteiger partial charge in [0.25, 0.3) is 0 Å². The zero-order valence-corrected chi connectivity index (χ0v) is 13.1. The van der Waals surface area contributed by atoms with E-state index in [0.717, 1.165) is 17.9 Å². The molecule has 1 aliphatic heterocycles. The Morgan fingerprint density at radius 1 is 1.47 bits per heavy atom. The SMILES string of the molecule is CCC1SCCSC1C(NN)c1ccc(Cl)cc1F. The lowest BCUT2D eigenvalue weighted by Gasteiger charge is -2.35. The summed E-state index contributed by atoms with van der Waals surface area (Å²) >= 11 is 9.63. The zero-order valence-electron chi connectivity index (χ0n) is 10.7. The van der Waals surface area contributed by atoms with Crippen LogP contribution in [0.2, 0.25) is 5.02 Å². The van der Waals surface area contributed by atoms with E-state index in [0.29, 0.717) is 15.8 Å². The van der Waals surface area contributed by atoms with Crippen LogP contribution in [0, 0.1) is 5.82 Å². The molecule has 0 aliphatic carbocycles. The molecular weight excluding hydrogens is 303 g/mol. The van der Waals surface area contributed by atoms with E-state index in [9.17, 15) is 4.39 Å². The highest BCUT2D eigenvalue weighted by Gasteiger charge is 2.33. The average Bonchev–Trinajstić information content (AvgIpc) is 2.42. The van der Waals surface area contributed by atoms with Crippen molar-refractivity contribution in [2.75, 3.05) is 11.5 Å². The number of hydrazine groups is 1. The van der Waals surface area contributed by atoms with Gasteiger partial charge in [0.15, 0.2) is 0 Å². The molecule has 3 N–H and O–H groups in total. The Morgan fingerprint density at radius 3 is 2.84 bits per heavy atom. The first-order valence-electron chi connectivity index (χ1n) is 6.31. The van der Waals surface area contributed by atoms with Crippen molar-refractivity contribution < 1.29 is 4.39 Å². The number of hydrogen-bond acceptors (Lipinski definition) is 4. The monoisotopic (exact) mass is 320 g/mol. The quantitative estimate of drug-likeness (QED) is 0.656. The summed E-state index contributed by atoms with van der Waals surface area (Å²) in [6, 6.07) is 4.61. The Bertz CT molecular complexity index is 433. The van der Waals surface area contributed by atoms with Gasteiger partial charge in [-0.2, -0.15) is 23.5 Å². The number of rotatable bonds is 4. The van der Waals surface area contributed by atoms with Crippen LogP contribution in [-0.4, -0.2) is 22.0 Å². The molecule has 1 aliphatic rings. The number of thioether (sulfide) groups is 2. The molecule has 3 unspecified atom stereocenters. The molecule has 0 radical (unpaired) electrons. The van der Waals surface area contributed by atoms with Crippen LogP contribution in [0.25, 0.3) is 0 Å². The molecule has 19 heavy (non-hydrogen) atoms. The minimum atomic E-state index is -0.290. The van der Waals surface area contributed by atoms with Gasteiger partial charge in [0.2, 0.25) is 0 Å². The van der Waals surface area contributed by atoms with E-state index in [1.54, 1.807) is 12.1 Å². The fourth-order valence-corrected chi connectivity index (χ4v) is 5.74. The van der Waals surface area contributed by atoms with Crippen molar-refractivity contribution >= 4 is 35.1 Å². The summed E-state index contributed by atoms with van der Waals surface area (Å²) in [6.45, 7) is 2.17. The van der Waals surface area contributed by atoms with Crippen LogP contribution < -0.4 is 11.3 Å². The zero-order chi connectivity index (χ0) is 13.8. The number of nitrogens with one attached hydrogen (secondary N) is 1. The van der Waals surface area contributed by atoms with E-state index in [1.807, 2.05) is 23.5 Å². The van der Waals surface area contributed by atoms with Crippen molar-refractivity contribution in [3.05, 3.63) is 34.6 Å². The number of hydrogen-bond donors (Lipinski definition) is 2. The lowest BCUT2D eigenvalue weighted by atomic mass is 10.00. The largest absolute Gasteiger partial charge is 0.271 e. The van der Waals surface area contributed by atoms with Crippen molar-refractivity contribution in [1.82, 2.24) is 5.43 Å². The second-order valence-electron chi connectivity index (χ2n) is 4.46. The maximum absolute atomic E-state index is 14.1. The van der Waals surface area contributed by atoms with Gasteiger partial charge < -0.3 is 0 Å². The van der Waals surface area contributed by atoms with E-state index in [1.165, 1.54) is 6.07 Å². The molecule has 0 spiro atoms. The Morgan fingerprint density at radius 2 is 2.21 bits per heavy atom. The van der Waals surface area contributed by atoms with Crippen LogP contribution in [0.1, 0.15) is 24.9 Å². The van der Waals surface area contributed by atoms with Crippen LogP contribution in [-0.2, 0) is 0 Å². The van der Waals surface area contributed by atoms with Crippen LogP contribution >= 0.6 is 35.1 Å². The van der Waals surface area contributed by atoms with Gasteiger partial charge in [-0.15, -0.1) is 0 Å². The molecule has 3 atom stereocenters. The average molecular weight is 321 g/mol. The molecule has 0 bridgehead atoms. The summed E-state index contributed by atoms with van der Waals surface area (Å²) in [6.07, 6.45) is 1.07. The highest BCUT2D eigenvalue weighted by molar-refractivity contribution is 8.07. The van der Waals surface area contributed by atoms with Crippen LogP contribution in [0.15, 0.2) is 18.2 Å². The van der Waals surface area contributed by atoms with Gasteiger partial charge in [0, 0.05) is 32.6 Å². The first-order valence-corrected chi connectivity index (χ1v) is 8.79. The minimum absolute atomic E-state index is 0.181. The summed E-state index contributed by atoms with van der Waals surface area (Å²) in [7, 11) is 0. The van der Waals surface area contributed by atoms with Gasteiger partial charge in [-0.1, -0.05) is 24.6 Å². The first-order chi connectivity index (χ1) is 9.17. The van der Waals surface area contributed by atoms with E-state index < -0.39 is 0 Å². The number of nitrogens with two attached hydrogens (primary N) is 1. The summed E-state index contributed by atoms with van der Waals surface area (Å²) in [5.41, 5.74) is 3.40. The van der Waals surface area contributed by atoms with Gasteiger partial charge in [-0.25, -0.2) is 4.39 Å². The Kier molecular flexibility index (Phi) is 5.84. The maximum Gasteiger partial charge on any atom is 0.129 e. The molecule has 0 saturated carbocycles. The fraction of sp³-hybridized carbons (Fsp3) is 0.538. The minimum Gasteiger partial charge on any atom is -0.271 e. The lowest BCUT2D eigenvalue weighted by Crippen LogP contribution is -2.42. The van der Waals surface area contributed by atoms with Gasteiger partial charge in [-0.05, 0) is 18.6 Å². The van der Waals surface area contributed by atoms with Gasteiger partial charge >= 0.3 is 0 Å². The highest BCUT2D eigenvalue weighted by Crippen LogP contribution is 2.40. The van der Waals surface area contributed by atoms with Crippen molar-refractivity contribution in [1.29, 1.82) is 0 Å². The molecule has 2 rings (SSSR count). The fourth-order valence-electron chi connectivity index (χ4n) is 2.36. The lowest BCUT2D eigenvalue weighted by molar-refractivity contribution is 0.485. The Balaban J connectivity index is 2.27. The molecule has 1 saturated heterocycles. The van der Waals surface area contributed by atoms with Gasteiger partial charge in [0.05, 0.1) is 6.04 Å². The van der Waals surface area contributed by atoms with Crippen LogP contribution in [0.3, 0.4) is 0 Å². The molecule has 1 aromatic rings. The molecule has 1 aromatic carbocycles. The standard InChI is InChI=1S/C13H18ClFN2S2/c1-2-11-13(19-6-5-18-11)12(17-16)9-4-3-8(14)7-10(9)15/h3-4,7,11-13,17H,2,5-6,16H2,1H3. The third-order valence-corrected chi connectivity index (χ3v) is 6.89. The maximum atomic E-state index is 14.1. The number of halogens is 2. The Hall–Kier alpha value is 0.0600. The topological polar surface area (TPSA) is 38.0 Å². The van der Waals surface area contributed by atoms with Gasteiger partial charge in [-0.3, -0.25) is 11.3 Å². The molecule has 1 heterocycles. The molecule has 2 nitrogen and oxygen atoms in total. The van der Waals surface area contributed by atoms with Crippen molar-refractivity contribution in [2.45, 2.75) is 29.9 Å². The second-order valence-corrected chi connectivity index (χ2v) is 7.53.